The second-order valence-electron chi connectivity index (χ2n) is 14.6. The van der Waals surface area contributed by atoms with Crippen molar-refractivity contribution in [1.82, 2.24) is 15.3 Å². The fraction of sp³-hybridized carbons (Fsp3) is 0.833. The van der Waals surface area contributed by atoms with E-state index in [0.717, 1.165) is 32.1 Å². The van der Waals surface area contributed by atoms with Gasteiger partial charge in [-0.3, -0.25) is 19.2 Å². The van der Waals surface area contributed by atoms with Crippen LogP contribution in [-0.4, -0.2) is 76.6 Å². The highest BCUT2D eigenvalue weighted by Crippen LogP contribution is 2.16. The number of nitrogens with zero attached hydrogens (tertiary/aromatic N) is 2. The molecule has 276 valence electrons. The summed E-state index contributed by atoms with van der Waals surface area (Å²) in [5, 5.41) is 3.37. The van der Waals surface area contributed by atoms with Crippen molar-refractivity contribution in [2.24, 2.45) is 0 Å². The van der Waals surface area contributed by atoms with Crippen LogP contribution in [-0.2, 0) is 38.3 Å². The predicted octanol–water partition coefficient (Wildman–Crippen LogP) is 6.92. The summed E-state index contributed by atoms with van der Waals surface area (Å²) in [4.78, 5) is 78.6. The Morgan fingerprint density at radius 2 is 1.04 bits per heavy atom. The molecule has 1 aliphatic rings. The molecule has 48 heavy (non-hydrogen) atoms. The van der Waals surface area contributed by atoms with Crippen LogP contribution in [0, 0.1) is 0 Å². The predicted molar refractivity (Wildman–Crippen MR) is 182 cm³/mol. The summed E-state index contributed by atoms with van der Waals surface area (Å²) in [5.74, 6) is -2.27. The normalized spacial score (nSPS) is 13.4. The number of hydrogen-bond donors (Lipinski definition) is 1. The lowest BCUT2D eigenvalue weighted by Crippen LogP contribution is -2.41. The van der Waals surface area contributed by atoms with Gasteiger partial charge in [0, 0.05) is 45.3 Å². The molecule has 1 aliphatic heterocycles. The molecule has 0 radical (unpaired) electrons. The zero-order chi connectivity index (χ0) is 36.0. The van der Waals surface area contributed by atoms with Gasteiger partial charge < -0.3 is 24.5 Å². The second-order valence-corrected chi connectivity index (χ2v) is 14.6. The van der Waals surface area contributed by atoms with Gasteiger partial charge in [0.1, 0.15) is 11.2 Å². The van der Waals surface area contributed by atoms with Gasteiger partial charge in [0.05, 0.1) is 6.42 Å². The highest BCUT2D eigenvalue weighted by Gasteiger charge is 2.33. The first kappa shape index (κ1) is 42.8. The molecule has 1 fully saturated rings. The van der Waals surface area contributed by atoms with Gasteiger partial charge in [-0.1, -0.05) is 77.0 Å². The molecular formula is C36H63N3O9. The minimum absolute atomic E-state index is 0.00452. The van der Waals surface area contributed by atoms with Crippen LogP contribution in [0.15, 0.2) is 0 Å². The number of imide groups is 1. The van der Waals surface area contributed by atoms with Gasteiger partial charge in [0.25, 0.3) is 11.8 Å². The van der Waals surface area contributed by atoms with Gasteiger partial charge in [0.2, 0.25) is 5.91 Å². The Labute approximate surface area is 288 Å². The number of rotatable bonds is 24. The highest BCUT2D eigenvalue weighted by molar-refractivity contribution is 6.01. The monoisotopic (exact) mass is 681 g/mol. The molecule has 4 amide bonds. The van der Waals surface area contributed by atoms with Gasteiger partial charge in [-0.2, -0.15) is 0 Å². The average Bonchev–Trinajstić information content (AvgIpc) is 3.28. The average molecular weight is 682 g/mol. The van der Waals surface area contributed by atoms with Crippen LogP contribution < -0.4 is 5.32 Å². The van der Waals surface area contributed by atoms with Crippen LogP contribution in [0.5, 0.6) is 0 Å². The molecule has 0 aromatic heterocycles. The minimum atomic E-state index is -0.826. The summed E-state index contributed by atoms with van der Waals surface area (Å²) in [6, 6.07) is 0. The molecule has 0 aromatic carbocycles. The second kappa shape index (κ2) is 23.2. The molecule has 12 heteroatoms. The Morgan fingerprint density at radius 3 is 1.52 bits per heavy atom. The molecule has 1 heterocycles. The largest absolute Gasteiger partial charge is 0.460 e. The third kappa shape index (κ3) is 22.4. The van der Waals surface area contributed by atoms with E-state index in [0.29, 0.717) is 18.0 Å². The molecule has 0 aliphatic carbocycles. The summed E-state index contributed by atoms with van der Waals surface area (Å²) in [7, 11) is 0. The number of carbonyl (C=O) groups excluding carboxylic acids is 6. The number of esters is 1. The molecule has 0 atom stereocenters. The standard InChI is InChI=1S/C36H63N3O9/c1-35(2,3)46-32(43)21-19-17-15-13-11-9-7-8-10-12-14-16-18-20-26-37-29(40)24-27-38(34(45)47-36(4,5)6)28-25-33(44)48-39-30(41)22-23-31(39)42/h7-28H2,1-6H3,(H,37,40). The molecule has 1 rings (SSSR count). The van der Waals surface area contributed by atoms with Gasteiger partial charge in [0.15, 0.2) is 0 Å². The third-order valence-electron chi connectivity index (χ3n) is 7.60. The van der Waals surface area contributed by atoms with Crippen molar-refractivity contribution in [3.63, 3.8) is 0 Å². The molecular weight excluding hydrogens is 618 g/mol. The summed E-state index contributed by atoms with van der Waals surface area (Å²) >= 11 is 0. The zero-order valence-corrected chi connectivity index (χ0v) is 30.6. The highest BCUT2D eigenvalue weighted by atomic mass is 16.7. The molecule has 0 spiro atoms. The summed E-state index contributed by atoms with van der Waals surface area (Å²) in [6.07, 6.45) is 15.9. The molecule has 12 nitrogen and oxygen atoms in total. The number of ether oxygens (including phenoxy) is 2. The van der Waals surface area contributed by atoms with E-state index < -0.39 is 35.1 Å². The first-order chi connectivity index (χ1) is 22.6. The summed E-state index contributed by atoms with van der Waals surface area (Å²) in [6.45, 7) is 11.4. The minimum Gasteiger partial charge on any atom is -0.460 e. The van der Waals surface area contributed by atoms with Crippen LogP contribution in [0.1, 0.15) is 164 Å². The first-order valence-corrected chi connectivity index (χ1v) is 18.1. The first-order valence-electron chi connectivity index (χ1n) is 18.1. The fourth-order valence-corrected chi connectivity index (χ4v) is 5.11. The maximum Gasteiger partial charge on any atom is 0.410 e. The lowest BCUT2D eigenvalue weighted by molar-refractivity contribution is -0.197. The van der Waals surface area contributed by atoms with Gasteiger partial charge >= 0.3 is 18.0 Å². The number of unbranched alkanes of at least 4 members (excludes halogenated alkanes) is 13. The van der Waals surface area contributed by atoms with Gasteiger partial charge in [-0.05, 0) is 54.4 Å². The van der Waals surface area contributed by atoms with Crippen LogP contribution in [0.25, 0.3) is 0 Å². The molecule has 0 bridgehead atoms. The maximum atomic E-state index is 12.7. The number of carbonyl (C=O) groups is 6. The van der Waals surface area contributed by atoms with Crippen molar-refractivity contribution < 1.29 is 43.1 Å². The van der Waals surface area contributed by atoms with Crippen molar-refractivity contribution in [1.29, 1.82) is 0 Å². The Bertz CT molecular complexity index is 1000. The number of hydroxylamine groups is 2. The van der Waals surface area contributed by atoms with Gasteiger partial charge in [-0.25, -0.2) is 9.59 Å². The van der Waals surface area contributed by atoms with Crippen LogP contribution in [0.3, 0.4) is 0 Å². The number of amides is 4. The Kier molecular flexibility index (Phi) is 20.7. The van der Waals surface area contributed by atoms with Crippen molar-refractivity contribution in [3.05, 3.63) is 0 Å². The Balaban J connectivity index is 2.09. The van der Waals surface area contributed by atoms with Crippen LogP contribution >= 0.6 is 0 Å². The molecule has 1 saturated heterocycles. The van der Waals surface area contributed by atoms with Crippen LogP contribution in [0.4, 0.5) is 4.79 Å². The summed E-state index contributed by atoms with van der Waals surface area (Å²) in [5.41, 5.74) is -1.16. The lowest BCUT2D eigenvalue weighted by atomic mass is 10.0. The molecule has 0 saturated carbocycles. The lowest BCUT2D eigenvalue weighted by Gasteiger charge is -2.27. The number of nitrogens with one attached hydrogen (secondary N) is 1. The molecule has 0 aromatic rings. The van der Waals surface area contributed by atoms with E-state index in [1.54, 1.807) is 20.8 Å². The molecule has 1 N–H and O–H groups in total. The smallest absolute Gasteiger partial charge is 0.410 e. The third-order valence-corrected chi connectivity index (χ3v) is 7.60. The SMILES string of the molecule is CC(C)(C)OC(=O)CCCCCCCCCCCCCCCCNC(=O)CCN(CCC(=O)ON1C(=O)CCC1=O)C(=O)OC(C)(C)C. The van der Waals surface area contributed by atoms with E-state index in [9.17, 15) is 28.8 Å². The maximum absolute atomic E-state index is 12.7. The topological polar surface area (TPSA) is 149 Å². The van der Waals surface area contributed by atoms with E-state index in [1.807, 2.05) is 20.8 Å². The number of hydrogen-bond acceptors (Lipinski definition) is 9. The Morgan fingerprint density at radius 1 is 0.604 bits per heavy atom. The fourth-order valence-electron chi connectivity index (χ4n) is 5.11. The van der Waals surface area contributed by atoms with E-state index in [1.165, 1.54) is 62.7 Å². The summed E-state index contributed by atoms with van der Waals surface area (Å²) < 4.78 is 10.8. The van der Waals surface area contributed by atoms with E-state index in [4.69, 9.17) is 14.3 Å². The van der Waals surface area contributed by atoms with Crippen molar-refractivity contribution in [2.45, 2.75) is 175 Å². The van der Waals surface area contributed by atoms with Crippen molar-refractivity contribution in [3.8, 4) is 0 Å². The van der Waals surface area contributed by atoms with E-state index in [-0.39, 0.29) is 50.6 Å². The van der Waals surface area contributed by atoms with Crippen LogP contribution in [0.2, 0.25) is 0 Å². The van der Waals surface area contributed by atoms with Crippen molar-refractivity contribution >= 4 is 35.8 Å². The quantitative estimate of drug-likeness (QED) is 0.0651. The zero-order valence-electron chi connectivity index (χ0n) is 30.6. The van der Waals surface area contributed by atoms with E-state index in [2.05, 4.69) is 5.32 Å². The van der Waals surface area contributed by atoms with Crippen molar-refractivity contribution in [2.75, 3.05) is 19.6 Å². The molecule has 0 unspecified atom stereocenters. The van der Waals surface area contributed by atoms with E-state index >= 15 is 0 Å². The Hall–Kier alpha value is -3.18. The van der Waals surface area contributed by atoms with Gasteiger partial charge in [-0.15, -0.1) is 5.06 Å².